The van der Waals surface area contributed by atoms with Gasteiger partial charge in [-0.15, -0.1) is 0 Å². The van der Waals surface area contributed by atoms with Crippen LogP contribution in [0.2, 0.25) is 0 Å². The van der Waals surface area contributed by atoms with Gasteiger partial charge in [0, 0.05) is 6.54 Å². The molecule has 1 aromatic rings. The zero-order valence-electron chi connectivity index (χ0n) is 10.0. The number of nitrogens with one attached hydrogen (secondary N) is 2. The number of amides is 1. The van der Waals surface area contributed by atoms with Crippen LogP contribution in [0, 0.1) is 5.82 Å². The summed E-state index contributed by atoms with van der Waals surface area (Å²) in [6.45, 7) is 1.71. The molecule has 98 valence electrons. The van der Waals surface area contributed by atoms with Crippen LogP contribution in [0.4, 0.5) is 10.2 Å². The second-order valence-electron chi connectivity index (χ2n) is 4.05. The fourth-order valence-corrected chi connectivity index (χ4v) is 1.62. The molecule has 0 bridgehead atoms. The highest BCUT2D eigenvalue weighted by Gasteiger charge is 2.26. The average Bonchev–Trinajstić information content (AvgIpc) is 2.38. The maximum Gasteiger partial charge on any atom is 0.258 e. The largest absolute Gasteiger partial charge is 0.378 e. The lowest BCUT2D eigenvalue weighted by Gasteiger charge is -2.31. The van der Waals surface area contributed by atoms with Gasteiger partial charge in [0.15, 0.2) is 0 Å². The normalized spacial score (nSPS) is 20.4. The van der Waals surface area contributed by atoms with Crippen molar-refractivity contribution in [3.8, 4) is 0 Å². The lowest BCUT2D eigenvalue weighted by molar-refractivity contribution is -0.130. The third-order valence-corrected chi connectivity index (χ3v) is 2.74. The summed E-state index contributed by atoms with van der Waals surface area (Å²) in [4.78, 5) is 17.5. The zero-order valence-corrected chi connectivity index (χ0v) is 10.0. The van der Waals surface area contributed by atoms with E-state index in [4.69, 9.17) is 4.74 Å². The van der Waals surface area contributed by atoms with Gasteiger partial charge in [0.05, 0.1) is 19.4 Å². The first-order chi connectivity index (χ1) is 8.66. The van der Waals surface area contributed by atoms with Crippen LogP contribution in [-0.2, 0) is 9.53 Å². The van der Waals surface area contributed by atoms with Gasteiger partial charge in [-0.3, -0.25) is 20.5 Å². The Hall–Kier alpha value is -1.73. The highest BCUT2D eigenvalue weighted by atomic mass is 19.1. The van der Waals surface area contributed by atoms with E-state index in [2.05, 4.69) is 15.8 Å². The SMILES string of the molecule is CN1CCOC[C@H]1C(=O)NNc1ccc(F)cn1. The fraction of sp³-hybridized carbons (Fsp3) is 0.455. The van der Waals surface area contributed by atoms with Gasteiger partial charge in [0.2, 0.25) is 0 Å². The predicted molar refractivity (Wildman–Crippen MR) is 63.2 cm³/mol. The Labute approximate surface area is 104 Å². The predicted octanol–water partition coefficient (Wildman–Crippen LogP) is -0.00560. The van der Waals surface area contributed by atoms with Gasteiger partial charge in [-0.2, -0.15) is 0 Å². The lowest BCUT2D eigenvalue weighted by atomic mass is 10.2. The van der Waals surface area contributed by atoms with E-state index in [9.17, 15) is 9.18 Å². The van der Waals surface area contributed by atoms with E-state index in [0.717, 1.165) is 6.20 Å². The van der Waals surface area contributed by atoms with Crippen molar-refractivity contribution in [2.45, 2.75) is 6.04 Å². The molecular formula is C11H15FN4O2. The molecule has 2 rings (SSSR count). The molecule has 2 N–H and O–H groups in total. The van der Waals surface area contributed by atoms with Crippen molar-refractivity contribution < 1.29 is 13.9 Å². The summed E-state index contributed by atoms with van der Waals surface area (Å²) in [6.07, 6.45) is 1.07. The Balaban J connectivity index is 1.85. The van der Waals surface area contributed by atoms with Gasteiger partial charge >= 0.3 is 0 Å². The monoisotopic (exact) mass is 254 g/mol. The van der Waals surface area contributed by atoms with Crippen LogP contribution in [0.25, 0.3) is 0 Å². The van der Waals surface area contributed by atoms with Crippen LogP contribution in [0.3, 0.4) is 0 Å². The molecule has 1 saturated heterocycles. The topological polar surface area (TPSA) is 66.5 Å². The van der Waals surface area contributed by atoms with E-state index >= 15 is 0 Å². The number of nitrogens with zero attached hydrogens (tertiary/aromatic N) is 2. The molecule has 1 aromatic heterocycles. The number of hydrogen-bond acceptors (Lipinski definition) is 5. The molecule has 0 aliphatic carbocycles. The quantitative estimate of drug-likeness (QED) is 0.743. The average molecular weight is 254 g/mol. The Morgan fingerprint density at radius 3 is 3.11 bits per heavy atom. The molecule has 1 fully saturated rings. The van der Waals surface area contributed by atoms with Crippen LogP contribution in [-0.4, -0.2) is 48.6 Å². The van der Waals surface area contributed by atoms with Crippen molar-refractivity contribution in [3.63, 3.8) is 0 Å². The van der Waals surface area contributed by atoms with E-state index in [0.29, 0.717) is 25.6 Å². The van der Waals surface area contributed by atoms with Gasteiger partial charge in [0.25, 0.3) is 5.91 Å². The molecule has 7 heteroatoms. The van der Waals surface area contributed by atoms with E-state index < -0.39 is 5.82 Å². The summed E-state index contributed by atoms with van der Waals surface area (Å²) in [6, 6.07) is 2.38. The Bertz CT molecular complexity index is 412. The molecule has 18 heavy (non-hydrogen) atoms. The molecule has 1 aliphatic heterocycles. The van der Waals surface area contributed by atoms with Crippen molar-refractivity contribution in [1.29, 1.82) is 0 Å². The Morgan fingerprint density at radius 2 is 2.44 bits per heavy atom. The van der Waals surface area contributed by atoms with Gasteiger partial charge < -0.3 is 4.74 Å². The van der Waals surface area contributed by atoms with Crippen LogP contribution in [0.5, 0.6) is 0 Å². The summed E-state index contributed by atoms with van der Waals surface area (Å²) in [5.41, 5.74) is 5.15. The molecular weight excluding hydrogens is 239 g/mol. The highest BCUT2D eigenvalue weighted by Crippen LogP contribution is 2.05. The van der Waals surface area contributed by atoms with Crippen LogP contribution >= 0.6 is 0 Å². The van der Waals surface area contributed by atoms with Crippen molar-refractivity contribution >= 4 is 11.7 Å². The number of halogens is 1. The second-order valence-corrected chi connectivity index (χ2v) is 4.05. The highest BCUT2D eigenvalue weighted by molar-refractivity contribution is 5.82. The van der Waals surface area contributed by atoms with Gasteiger partial charge in [0.1, 0.15) is 17.7 Å². The van der Waals surface area contributed by atoms with Crippen LogP contribution in [0.1, 0.15) is 0 Å². The summed E-state index contributed by atoms with van der Waals surface area (Å²) >= 11 is 0. The third kappa shape index (κ3) is 3.14. The molecule has 0 radical (unpaired) electrons. The smallest absolute Gasteiger partial charge is 0.258 e. The van der Waals surface area contributed by atoms with Gasteiger partial charge in [-0.25, -0.2) is 9.37 Å². The fourth-order valence-electron chi connectivity index (χ4n) is 1.62. The lowest BCUT2D eigenvalue weighted by Crippen LogP contribution is -2.53. The summed E-state index contributed by atoms with van der Waals surface area (Å²) < 4.78 is 17.9. The third-order valence-electron chi connectivity index (χ3n) is 2.74. The maximum absolute atomic E-state index is 12.6. The maximum atomic E-state index is 12.6. The van der Waals surface area contributed by atoms with Crippen molar-refractivity contribution in [2.75, 3.05) is 32.2 Å². The zero-order chi connectivity index (χ0) is 13.0. The number of anilines is 1. The molecule has 1 atom stereocenters. The Morgan fingerprint density at radius 1 is 1.61 bits per heavy atom. The summed E-state index contributed by atoms with van der Waals surface area (Å²) in [5, 5.41) is 0. The number of carbonyl (C=O) groups excluding carboxylic acids is 1. The van der Waals surface area contributed by atoms with Crippen molar-refractivity contribution in [3.05, 3.63) is 24.1 Å². The molecule has 1 amide bonds. The number of likely N-dealkylation sites (N-methyl/N-ethyl adjacent to an activating group) is 1. The minimum atomic E-state index is -0.424. The molecule has 0 saturated carbocycles. The van der Waals surface area contributed by atoms with E-state index in [1.165, 1.54) is 12.1 Å². The first-order valence-electron chi connectivity index (χ1n) is 5.62. The number of morpholine rings is 1. The molecule has 2 heterocycles. The van der Waals surface area contributed by atoms with Crippen molar-refractivity contribution in [2.24, 2.45) is 0 Å². The number of pyridine rings is 1. The number of hydrogen-bond donors (Lipinski definition) is 2. The second kappa shape index (κ2) is 5.74. The van der Waals surface area contributed by atoms with E-state index in [1.54, 1.807) is 0 Å². The van der Waals surface area contributed by atoms with Crippen LogP contribution in [0.15, 0.2) is 18.3 Å². The number of aromatic nitrogens is 1. The standard InChI is InChI=1S/C11H15FN4O2/c1-16-4-5-18-7-9(16)11(17)15-14-10-3-2-8(12)6-13-10/h2-3,6,9H,4-5,7H2,1H3,(H,13,14)(H,15,17)/t9-/m0/s1. The molecule has 0 unspecified atom stereocenters. The Kier molecular flexibility index (Phi) is 4.06. The van der Waals surface area contributed by atoms with E-state index in [-0.39, 0.29) is 11.9 Å². The van der Waals surface area contributed by atoms with Gasteiger partial charge in [-0.1, -0.05) is 0 Å². The number of rotatable bonds is 3. The number of hydrazine groups is 1. The first kappa shape index (κ1) is 12.7. The minimum Gasteiger partial charge on any atom is -0.378 e. The summed E-state index contributed by atoms with van der Waals surface area (Å²) in [5.74, 6) is -0.250. The summed E-state index contributed by atoms with van der Waals surface area (Å²) in [7, 11) is 1.86. The van der Waals surface area contributed by atoms with E-state index in [1.807, 2.05) is 11.9 Å². The number of ether oxygens (including phenoxy) is 1. The van der Waals surface area contributed by atoms with Gasteiger partial charge in [-0.05, 0) is 19.2 Å². The van der Waals surface area contributed by atoms with Crippen LogP contribution < -0.4 is 10.9 Å². The first-order valence-corrected chi connectivity index (χ1v) is 5.62. The molecule has 0 aromatic carbocycles. The van der Waals surface area contributed by atoms with Crippen molar-refractivity contribution in [1.82, 2.24) is 15.3 Å². The molecule has 6 nitrogen and oxygen atoms in total. The minimum absolute atomic E-state index is 0.205. The molecule has 0 spiro atoms. The number of carbonyl (C=O) groups is 1. The molecule has 1 aliphatic rings.